The molecule has 0 aliphatic carbocycles. The van der Waals surface area contributed by atoms with Crippen molar-refractivity contribution in [1.82, 2.24) is 9.94 Å². The van der Waals surface area contributed by atoms with E-state index < -0.39 is 5.88 Å². The van der Waals surface area contributed by atoms with Gasteiger partial charge in [-0.1, -0.05) is 23.8 Å². The molecule has 0 saturated heterocycles. The summed E-state index contributed by atoms with van der Waals surface area (Å²) in [6, 6.07) is 0. The van der Waals surface area contributed by atoms with Crippen LogP contribution >= 0.6 is 0 Å². The Bertz CT molecular complexity index is 267. The molecule has 0 aromatic carbocycles. The fourth-order valence-corrected chi connectivity index (χ4v) is 0.915. The van der Waals surface area contributed by atoms with Gasteiger partial charge in [-0.25, -0.2) is 0 Å². The molecule has 1 heterocycles. The van der Waals surface area contributed by atoms with Crippen molar-refractivity contribution in [2.75, 3.05) is 0 Å². The summed E-state index contributed by atoms with van der Waals surface area (Å²) in [6.07, 6.45) is 0. The van der Waals surface area contributed by atoms with Crippen molar-refractivity contribution < 1.29 is 15.4 Å². The van der Waals surface area contributed by atoms with Gasteiger partial charge in [-0.05, 0) is 5.92 Å². The SMILES string of the molecule is CC(C)c1c(O)nn(O)c1O. The number of nitrogens with zero attached hydrogens (tertiary/aromatic N) is 2. The summed E-state index contributed by atoms with van der Waals surface area (Å²) in [6.45, 7) is 3.55. The average Bonchev–Trinajstić information content (AvgIpc) is 2.07. The zero-order valence-corrected chi connectivity index (χ0v) is 6.31. The third kappa shape index (κ3) is 1.09. The maximum absolute atomic E-state index is 9.08. The Hall–Kier alpha value is -1.39. The first-order valence-corrected chi connectivity index (χ1v) is 3.24. The minimum Gasteiger partial charge on any atom is -0.492 e. The molecule has 1 aromatic rings. The van der Waals surface area contributed by atoms with Crippen LogP contribution in [0.4, 0.5) is 0 Å². The van der Waals surface area contributed by atoms with Crippen LogP contribution in [-0.2, 0) is 0 Å². The van der Waals surface area contributed by atoms with Gasteiger partial charge < -0.3 is 15.4 Å². The molecule has 0 radical (unpaired) electrons. The summed E-state index contributed by atoms with van der Waals surface area (Å²) < 4.78 is 0. The number of hydrogen-bond acceptors (Lipinski definition) is 4. The Morgan fingerprint density at radius 1 is 1.36 bits per heavy atom. The minimum absolute atomic E-state index is 0.0732. The smallest absolute Gasteiger partial charge is 0.255 e. The predicted octanol–water partition coefficient (Wildman–Crippen LogP) is 0.655. The monoisotopic (exact) mass is 158 g/mol. The van der Waals surface area contributed by atoms with Crippen LogP contribution < -0.4 is 0 Å². The number of aromatic hydroxyl groups is 2. The molecule has 0 unspecified atom stereocenters. The van der Waals surface area contributed by atoms with Crippen molar-refractivity contribution in [3.05, 3.63) is 5.56 Å². The molecule has 0 amide bonds. The Morgan fingerprint density at radius 2 is 1.91 bits per heavy atom. The minimum atomic E-state index is -0.405. The second-order valence-corrected chi connectivity index (χ2v) is 2.61. The summed E-state index contributed by atoms with van der Waals surface area (Å²) in [5, 5.41) is 30.1. The molecule has 62 valence electrons. The Kier molecular flexibility index (Phi) is 1.64. The highest BCUT2D eigenvalue weighted by atomic mass is 16.5. The third-order valence-electron chi connectivity index (χ3n) is 1.44. The quantitative estimate of drug-likeness (QED) is 0.524. The molecule has 1 aromatic heterocycles. The van der Waals surface area contributed by atoms with Gasteiger partial charge in [0, 0.05) is 0 Å². The standard InChI is InChI=1S/C6H10N2O3/c1-3(2)4-5(9)7-8(11)6(4)10/h3,10-11H,1-2H3,(H,7,9). The largest absolute Gasteiger partial charge is 0.492 e. The second-order valence-electron chi connectivity index (χ2n) is 2.61. The highest BCUT2D eigenvalue weighted by Gasteiger charge is 2.18. The second kappa shape index (κ2) is 2.34. The maximum atomic E-state index is 9.08. The van der Waals surface area contributed by atoms with Crippen LogP contribution in [-0.4, -0.2) is 25.4 Å². The number of aromatic nitrogens is 2. The van der Waals surface area contributed by atoms with E-state index in [-0.39, 0.29) is 22.2 Å². The van der Waals surface area contributed by atoms with Crippen molar-refractivity contribution in [2.45, 2.75) is 19.8 Å². The van der Waals surface area contributed by atoms with Gasteiger partial charge in [0.05, 0.1) is 5.56 Å². The van der Waals surface area contributed by atoms with Gasteiger partial charge in [-0.15, -0.1) is 0 Å². The highest BCUT2D eigenvalue weighted by Crippen LogP contribution is 2.31. The van der Waals surface area contributed by atoms with E-state index >= 15 is 0 Å². The average molecular weight is 158 g/mol. The lowest BCUT2D eigenvalue weighted by Crippen LogP contribution is -1.91. The molecule has 1 rings (SSSR count). The molecular weight excluding hydrogens is 148 g/mol. The lowest BCUT2D eigenvalue weighted by Gasteiger charge is -2.00. The van der Waals surface area contributed by atoms with Gasteiger partial charge in [0.15, 0.2) is 0 Å². The van der Waals surface area contributed by atoms with Gasteiger partial charge >= 0.3 is 0 Å². The normalized spacial score (nSPS) is 10.8. The summed E-state index contributed by atoms with van der Waals surface area (Å²) in [4.78, 5) is 0.255. The molecule has 0 bridgehead atoms. The Balaban J connectivity index is 3.22. The predicted molar refractivity (Wildman–Crippen MR) is 36.8 cm³/mol. The van der Waals surface area contributed by atoms with E-state index in [0.717, 1.165) is 0 Å². The van der Waals surface area contributed by atoms with Gasteiger partial charge in [-0.2, -0.15) is 0 Å². The number of hydrogen-bond donors (Lipinski definition) is 3. The molecule has 3 N–H and O–H groups in total. The van der Waals surface area contributed by atoms with E-state index in [2.05, 4.69) is 5.10 Å². The van der Waals surface area contributed by atoms with Crippen molar-refractivity contribution in [2.24, 2.45) is 0 Å². The van der Waals surface area contributed by atoms with E-state index in [1.54, 1.807) is 13.8 Å². The van der Waals surface area contributed by atoms with Crippen LogP contribution in [0.1, 0.15) is 25.3 Å². The van der Waals surface area contributed by atoms with Gasteiger partial charge in [-0.3, -0.25) is 0 Å². The molecule has 0 spiro atoms. The summed E-state index contributed by atoms with van der Waals surface area (Å²) >= 11 is 0. The Labute approximate surface area is 63.5 Å². The van der Waals surface area contributed by atoms with Crippen LogP contribution in [0.5, 0.6) is 11.8 Å². The molecule has 5 nitrogen and oxygen atoms in total. The van der Waals surface area contributed by atoms with Crippen molar-refractivity contribution in [3.63, 3.8) is 0 Å². The topological polar surface area (TPSA) is 78.5 Å². The van der Waals surface area contributed by atoms with Crippen LogP contribution in [0.2, 0.25) is 0 Å². The molecule has 0 fully saturated rings. The fourth-order valence-electron chi connectivity index (χ4n) is 0.915. The first-order valence-electron chi connectivity index (χ1n) is 3.24. The van der Waals surface area contributed by atoms with Gasteiger partial charge in [0.25, 0.3) is 5.88 Å². The summed E-state index contributed by atoms with van der Waals surface area (Å²) in [7, 11) is 0. The van der Waals surface area contributed by atoms with E-state index in [1.807, 2.05) is 0 Å². The van der Waals surface area contributed by atoms with Crippen LogP contribution in [0.25, 0.3) is 0 Å². The Morgan fingerprint density at radius 3 is 2.09 bits per heavy atom. The summed E-state index contributed by atoms with van der Waals surface area (Å²) in [5.74, 6) is -0.812. The van der Waals surface area contributed by atoms with Crippen molar-refractivity contribution >= 4 is 0 Å². The first-order chi connectivity index (χ1) is 5.04. The highest BCUT2D eigenvalue weighted by molar-refractivity contribution is 5.36. The van der Waals surface area contributed by atoms with Crippen LogP contribution in [0.3, 0.4) is 0 Å². The molecule has 0 aliphatic rings. The lowest BCUT2D eigenvalue weighted by atomic mass is 10.1. The van der Waals surface area contributed by atoms with Gasteiger partial charge in [0.1, 0.15) is 0 Å². The van der Waals surface area contributed by atoms with Crippen LogP contribution in [0, 0.1) is 0 Å². The molecule has 0 saturated carbocycles. The van der Waals surface area contributed by atoms with E-state index in [1.165, 1.54) is 0 Å². The zero-order valence-electron chi connectivity index (χ0n) is 6.31. The van der Waals surface area contributed by atoms with E-state index in [4.69, 9.17) is 15.4 Å². The first kappa shape index (κ1) is 7.71. The zero-order chi connectivity index (χ0) is 8.59. The van der Waals surface area contributed by atoms with E-state index in [0.29, 0.717) is 0 Å². The van der Waals surface area contributed by atoms with E-state index in [9.17, 15) is 0 Å². The van der Waals surface area contributed by atoms with Crippen LogP contribution in [0.15, 0.2) is 0 Å². The summed E-state index contributed by atoms with van der Waals surface area (Å²) in [5.41, 5.74) is 0.257. The number of rotatable bonds is 1. The molecule has 5 heteroatoms. The molecular formula is C6H10N2O3. The van der Waals surface area contributed by atoms with Crippen molar-refractivity contribution in [3.8, 4) is 11.8 Å². The third-order valence-corrected chi connectivity index (χ3v) is 1.44. The maximum Gasteiger partial charge on any atom is 0.255 e. The molecule has 0 aliphatic heterocycles. The molecule has 11 heavy (non-hydrogen) atoms. The van der Waals surface area contributed by atoms with Crippen molar-refractivity contribution in [1.29, 1.82) is 0 Å². The lowest BCUT2D eigenvalue weighted by molar-refractivity contribution is 0.118. The fraction of sp³-hybridized carbons (Fsp3) is 0.500. The molecule has 0 atom stereocenters. The van der Waals surface area contributed by atoms with Gasteiger partial charge in [0.2, 0.25) is 5.88 Å².